The third kappa shape index (κ3) is 3.76. The number of anilines is 1. The molecule has 0 radical (unpaired) electrons. The SMILES string of the molecule is CC(C)CCc1ccc(N2CCCCC2)cc1. The molecular formula is C16H25N. The van der Waals surface area contributed by atoms with Crippen molar-refractivity contribution < 1.29 is 0 Å². The van der Waals surface area contributed by atoms with Crippen LogP contribution in [0.5, 0.6) is 0 Å². The van der Waals surface area contributed by atoms with Crippen LogP contribution in [-0.4, -0.2) is 13.1 Å². The molecule has 17 heavy (non-hydrogen) atoms. The van der Waals surface area contributed by atoms with E-state index in [4.69, 9.17) is 0 Å². The van der Waals surface area contributed by atoms with Gasteiger partial charge in [0.1, 0.15) is 0 Å². The minimum absolute atomic E-state index is 0.803. The van der Waals surface area contributed by atoms with Crippen LogP contribution in [0.3, 0.4) is 0 Å². The Morgan fingerprint density at radius 2 is 1.65 bits per heavy atom. The average molecular weight is 231 g/mol. The second-order valence-corrected chi connectivity index (χ2v) is 5.65. The molecule has 0 spiro atoms. The summed E-state index contributed by atoms with van der Waals surface area (Å²) in [6, 6.07) is 9.24. The topological polar surface area (TPSA) is 3.24 Å². The summed E-state index contributed by atoms with van der Waals surface area (Å²) >= 11 is 0. The van der Waals surface area contributed by atoms with Gasteiger partial charge in [-0.3, -0.25) is 0 Å². The van der Waals surface area contributed by atoms with Gasteiger partial charge in [-0.15, -0.1) is 0 Å². The van der Waals surface area contributed by atoms with Crippen LogP contribution >= 0.6 is 0 Å². The lowest BCUT2D eigenvalue weighted by Crippen LogP contribution is -2.29. The van der Waals surface area contributed by atoms with Gasteiger partial charge in [0.25, 0.3) is 0 Å². The third-order valence-corrected chi connectivity index (χ3v) is 3.67. The first kappa shape index (κ1) is 12.5. The van der Waals surface area contributed by atoms with Crippen molar-refractivity contribution in [3.63, 3.8) is 0 Å². The fraction of sp³-hybridized carbons (Fsp3) is 0.625. The maximum Gasteiger partial charge on any atom is 0.0366 e. The van der Waals surface area contributed by atoms with Crippen LogP contribution < -0.4 is 4.90 Å². The highest BCUT2D eigenvalue weighted by atomic mass is 15.1. The van der Waals surface area contributed by atoms with E-state index in [0.717, 1.165) is 5.92 Å². The summed E-state index contributed by atoms with van der Waals surface area (Å²) in [6.45, 7) is 7.07. The van der Waals surface area contributed by atoms with Crippen LogP contribution in [0.4, 0.5) is 5.69 Å². The summed E-state index contributed by atoms with van der Waals surface area (Å²) in [4.78, 5) is 2.52. The molecule has 0 atom stereocenters. The van der Waals surface area contributed by atoms with Crippen molar-refractivity contribution >= 4 is 5.69 Å². The highest BCUT2D eigenvalue weighted by Gasteiger charge is 2.10. The van der Waals surface area contributed by atoms with Crippen LogP contribution in [0, 0.1) is 5.92 Å². The lowest BCUT2D eigenvalue weighted by atomic mass is 10.0. The van der Waals surface area contributed by atoms with E-state index in [-0.39, 0.29) is 0 Å². The lowest BCUT2D eigenvalue weighted by molar-refractivity contribution is 0.577. The molecular weight excluding hydrogens is 206 g/mol. The standard InChI is InChI=1S/C16H25N/c1-14(2)6-7-15-8-10-16(11-9-15)17-12-4-3-5-13-17/h8-11,14H,3-7,12-13H2,1-2H3. The first-order valence-corrected chi connectivity index (χ1v) is 7.09. The predicted molar refractivity (Wildman–Crippen MR) is 75.7 cm³/mol. The van der Waals surface area contributed by atoms with Crippen LogP contribution in [-0.2, 0) is 6.42 Å². The van der Waals surface area contributed by atoms with E-state index in [1.165, 1.54) is 56.4 Å². The van der Waals surface area contributed by atoms with Gasteiger partial charge in [-0.05, 0) is 55.7 Å². The quantitative estimate of drug-likeness (QED) is 0.748. The van der Waals surface area contributed by atoms with Gasteiger partial charge in [-0.2, -0.15) is 0 Å². The fourth-order valence-corrected chi connectivity index (χ4v) is 2.48. The van der Waals surface area contributed by atoms with Crippen molar-refractivity contribution in [2.24, 2.45) is 5.92 Å². The zero-order valence-electron chi connectivity index (χ0n) is 11.3. The van der Waals surface area contributed by atoms with E-state index in [1.807, 2.05) is 0 Å². The number of aryl methyl sites for hydroxylation is 1. The van der Waals surface area contributed by atoms with Crippen molar-refractivity contribution in [1.29, 1.82) is 0 Å². The number of rotatable bonds is 4. The molecule has 2 rings (SSSR count). The molecule has 1 aromatic rings. The zero-order chi connectivity index (χ0) is 12.1. The molecule has 0 aromatic heterocycles. The molecule has 1 fully saturated rings. The van der Waals surface area contributed by atoms with Gasteiger partial charge in [0, 0.05) is 18.8 Å². The van der Waals surface area contributed by atoms with E-state index >= 15 is 0 Å². The summed E-state index contributed by atoms with van der Waals surface area (Å²) in [7, 11) is 0. The number of nitrogens with zero attached hydrogens (tertiary/aromatic N) is 1. The highest BCUT2D eigenvalue weighted by Crippen LogP contribution is 2.21. The maximum atomic E-state index is 2.52. The molecule has 1 saturated heterocycles. The van der Waals surface area contributed by atoms with Crippen LogP contribution in [0.15, 0.2) is 24.3 Å². The highest BCUT2D eigenvalue weighted by molar-refractivity contribution is 5.47. The van der Waals surface area contributed by atoms with Gasteiger partial charge >= 0.3 is 0 Å². The monoisotopic (exact) mass is 231 g/mol. The van der Waals surface area contributed by atoms with Crippen molar-refractivity contribution in [1.82, 2.24) is 0 Å². The molecule has 94 valence electrons. The molecule has 1 heterocycles. The van der Waals surface area contributed by atoms with Gasteiger partial charge in [0.2, 0.25) is 0 Å². The number of piperidine rings is 1. The van der Waals surface area contributed by atoms with Gasteiger partial charge in [0.05, 0.1) is 0 Å². The molecule has 1 aliphatic rings. The Bertz CT molecular complexity index is 320. The predicted octanol–water partition coefficient (Wildman–Crippen LogP) is 4.27. The third-order valence-electron chi connectivity index (χ3n) is 3.67. The van der Waals surface area contributed by atoms with Gasteiger partial charge in [-0.1, -0.05) is 26.0 Å². The fourth-order valence-electron chi connectivity index (χ4n) is 2.48. The van der Waals surface area contributed by atoms with Crippen molar-refractivity contribution in [2.45, 2.75) is 46.0 Å². The molecule has 0 saturated carbocycles. The molecule has 1 aromatic carbocycles. The number of hydrogen-bond donors (Lipinski definition) is 0. The second kappa shape index (κ2) is 6.09. The minimum Gasteiger partial charge on any atom is -0.372 e. The molecule has 1 nitrogen and oxygen atoms in total. The van der Waals surface area contributed by atoms with Crippen LogP contribution in [0.1, 0.15) is 45.1 Å². The summed E-state index contributed by atoms with van der Waals surface area (Å²) in [5, 5.41) is 0. The van der Waals surface area contributed by atoms with Crippen molar-refractivity contribution in [3.8, 4) is 0 Å². The van der Waals surface area contributed by atoms with Crippen molar-refractivity contribution in [3.05, 3.63) is 29.8 Å². The molecule has 0 aliphatic carbocycles. The molecule has 1 aliphatic heterocycles. The van der Waals surface area contributed by atoms with Gasteiger partial charge in [0.15, 0.2) is 0 Å². The zero-order valence-corrected chi connectivity index (χ0v) is 11.3. The molecule has 0 unspecified atom stereocenters. The van der Waals surface area contributed by atoms with E-state index in [9.17, 15) is 0 Å². The first-order valence-electron chi connectivity index (χ1n) is 7.09. The first-order chi connectivity index (χ1) is 8.25. The number of hydrogen-bond acceptors (Lipinski definition) is 1. The largest absolute Gasteiger partial charge is 0.372 e. The molecule has 0 bridgehead atoms. The van der Waals surface area contributed by atoms with E-state index in [2.05, 4.69) is 43.0 Å². The Hall–Kier alpha value is -0.980. The Labute approximate surface area is 106 Å². The Morgan fingerprint density at radius 3 is 2.24 bits per heavy atom. The van der Waals surface area contributed by atoms with Crippen LogP contribution in [0.2, 0.25) is 0 Å². The second-order valence-electron chi connectivity index (χ2n) is 5.65. The summed E-state index contributed by atoms with van der Waals surface area (Å²) < 4.78 is 0. The Morgan fingerprint density at radius 1 is 1.00 bits per heavy atom. The Balaban J connectivity index is 1.92. The molecule has 1 heteroatoms. The van der Waals surface area contributed by atoms with Gasteiger partial charge < -0.3 is 4.90 Å². The van der Waals surface area contributed by atoms with E-state index in [0.29, 0.717) is 0 Å². The van der Waals surface area contributed by atoms with E-state index in [1.54, 1.807) is 0 Å². The Kier molecular flexibility index (Phi) is 4.47. The lowest BCUT2D eigenvalue weighted by Gasteiger charge is -2.28. The number of benzene rings is 1. The molecule has 0 N–H and O–H groups in total. The summed E-state index contributed by atoms with van der Waals surface area (Å²) in [6.07, 6.45) is 6.63. The summed E-state index contributed by atoms with van der Waals surface area (Å²) in [5.74, 6) is 0.803. The minimum atomic E-state index is 0.803. The van der Waals surface area contributed by atoms with Crippen molar-refractivity contribution in [2.75, 3.05) is 18.0 Å². The van der Waals surface area contributed by atoms with Gasteiger partial charge in [-0.25, -0.2) is 0 Å². The molecule has 0 amide bonds. The van der Waals surface area contributed by atoms with Crippen LogP contribution in [0.25, 0.3) is 0 Å². The maximum absolute atomic E-state index is 2.52. The summed E-state index contributed by atoms with van der Waals surface area (Å²) in [5.41, 5.74) is 2.90. The average Bonchev–Trinajstić information content (AvgIpc) is 2.38. The van der Waals surface area contributed by atoms with E-state index < -0.39 is 0 Å². The smallest absolute Gasteiger partial charge is 0.0366 e. The normalized spacial score (nSPS) is 16.5.